The highest BCUT2D eigenvalue weighted by atomic mass is 16.6. The van der Waals surface area contributed by atoms with E-state index in [1.165, 1.54) is 30.5 Å². The maximum atomic E-state index is 12.3. The molecule has 31 heavy (non-hydrogen) atoms. The number of benzene rings is 2. The summed E-state index contributed by atoms with van der Waals surface area (Å²) in [4.78, 5) is 26.7. The molecule has 9 heteroatoms. The second kappa shape index (κ2) is 8.64. The third kappa shape index (κ3) is 4.51. The Hall–Kier alpha value is -4.24. The number of carbonyl (C=O) groups is 1. The quantitative estimate of drug-likeness (QED) is 0.347. The van der Waals surface area contributed by atoms with E-state index in [0.717, 1.165) is 10.9 Å². The molecule has 2 aromatic heterocycles. The van der Waals surface area contributed by atoms with Crippen molar-refractivity contribution in [2.45, 2.75) is 6.73 Å². The van der Waals surface area contributed by atoms with Crippen LogP contribution in [-0.4, -0.2) is 27.5 Å². The predicted octanol–water partition coefficient (Wildman–Crippen LogP) is 4.59. The maximum absolute atomic E-state index is 12.3. The van der Waals surface area contributed by atoms with E-state index < -0.39 is 10.8 Å². The smallest absolute Gasteiger partial charge is 0.269 e. The van der Waals surface area contributed by atoms with Crippen LogP contribution in [0, 0.1) is 10.1 Å². The maximum Gasteiger partial charge on any atom is 0.269 e. The van der Waals surface area contributed by atoms with Gasteiger partial charge in [0.05, 0.1) is 22.3 Å². The van der Waals surface area contributed by atoms with Gasteiger partial charge in [0, 0.05) is 43.1 Å². The number of nitrogens with zero attached hydrogens (tertiary/aromatic N) is 3. The van der Waals surface area contributed by atoms with Crippen LogP contribution in [0.1, 0.15) is 10.4 Å². The zero-order valence-corrected chi connectivity index (χ0v) is 16.5. The van der Waals surface area contributed by atoms with Crippen LogP contribution in [-0.2, 0) is 11.5 Å². The van der Waals surface area contributed by atoms with Crippen LogP contribution >= 0.6 is 0 Å². The predicted molar refractivity (Wildman–Crippen MR) is 114 cm³/mol. The van der Waals surface area contributed by atoms with Crippen molar-refractivity contribution in [1.82, 2.24) is 9.55 Å². The fourth-order valence-corrected chi connectivity index (χ4v) is 3.05. The lowest BCUT2D eigenvalue weighted by atomic mass is 10.2. The van der Waals surface area contributed by atoms with Crippen molar-refractivity contribution in [3.63, 3.8) is 0 Å². The molecule has 9 nitrogen and oxygen atoms in total. The summed E-state index contributed by atoms with van der Waals surface area (Å²) >= 11 is 0. The second-order valence-electron chi connectivity index (χ2n) is 6.67. The van der Waals surface area contributed by atoms with Gasteiger partial charge >= 0.3 is 0 Å². The van der Waals surface area contributed by atoms with Crippen LogP contribution in [0.5, 0.6) is 11.6 Å². The van der Waals surface area contributed by atoms with Gasteiger partial charge in [-0.05, 0) is 41.8 Å². The Bertz CT molecular complexity index is 1230. The highest BCUT2D eigenvalue weighted by molar-refractivity contribution is 6.04. The van der Waals surface area contributed by atoms with Gasteiger partial charge in [0.15, 0.2) is 0 Å². The van der Waals surface area contributed by atoms with Crippen molar-refractivity contribution in [3.05, 3.63) is 88.7 Å². The fourth-order valence-electron chi connectivity index (χ4n) is 3.05. The molecule has 156 valence electrons. The Labute approximate surface area is 177 Å². The molecule has 0 bridgehead atoms. The number of amides is 1. The average Bonchev–Trinajstić information content (AvgIpc) is 3.17. The molecule has 0 fully saturated rings. The number of non-ortho nitro benzene ring substituents is 1. The van der Waals surface area contributed by atoms with Gasteiger partial charge in [-0.15, -0.1) is 0 Å². The molecule has 0 spiro atoms. The second-order valence-corrected chi connectivity index (χ2v) is 6.67. The number of rotatable bonds is 7. The first-order valence-corrected chi connectivity index (χ1v) is 9.31. The molecule has 0 unspecified atom stereocenters. The summed E-state index contributed by atoms with van der Waals surface area (Å²) in [6, 6.07) is 16.4. The van der Waals surface area contributed by atoms with E-state index in [9.17, 15) is 14.9 Å². The monoisotopic (exact) mass is 418 g/mol. The molecule has 1 amide bonds. The number of aromatic nitrogens is 2. The van der Waals surface area contributed by atoms with E-state index in [4.69, 9.17) is 9.47 Å². The van der Waals surface area contributed by atoms with Crippen molar-refractivity contribution >= 4 is 28.2 Å². The number of ether oxygens (including phenoxy) is 2. The third-order valence-corrected chi connectivity index (χ3v) is 4.57. The molecule has 4 rings (SSSR count). The van der Waals surface area contributed by atoms with Crippen molar-refractivity contribution in [2.75, 3.05) is 12.4 Å². The Morgan fingerprint density at radius 3 is 2.61 bits per heavy atom. The van der Waals surface area contributed by atoms with Crippen LogP contribution in [0.2, 0.25) is 0 Å². The number of nitrogens with one attached hydrogen (secondary N) is 1. The highest BCUT2D eigenvalue weighted by Crippen LogP contribution is 2.26. The van der Waals surface area contributed by atoms with Gasteiger partial charge in [-0.25, -0.2) is 4.98 Å². The van der Waals surface area contributed by atoms with Crippen molar-refractivity contribution in [1.29, 1.82) is 0 Å². The zero-order valence-electron chi connectivity index (χ0n) is 16.5. The summed E-state index contributed by atoms with van der Waals surface area (Å²) in [5.74, 6) is 0.603. The lowest BCUT2D eigenvalue weighted by Crippen LogP contribution is -2.12. The summed E-state index contributed by atoms with van der Waals surface area (Å²) in [7, 11) is 1.64. The molecule has 1 N–H and O–H groups in total. The minimum absolute atomic E-state index is 0.0765. The lowest BCUT2D eigenvalue weighted by molar-refractivity contribution is -0.384. The molecule has 0 atom stereocenters. The SMILES string of the molecule is COCn1ccc2ccc(Oc3ccc(NC(=O)c4ccc([N+](=O)[O-])cc4)cn3)cc21. The summed E-state index contributed by atoms with van der Waals surface area (Å²) < 4.78 is 13.0. The van der Waals surface area contributed by atoms with Crippen molar-refractivity contribution in [3.8, 4) is 11.6 Å². The number of fused-ring (bicyclic) bond motifs is 1. The van der Waals surface area contributed by atoms with Crippen LogP contribution in [0.25, 0.3) is 10.9 Å². The molecule has 0 aliphatic rings. The minimum atomic E-state index is -0.517. The molecule has 0 saturated carbocycles. The molecule has 0 saturated heterocycles. The molecule has 4 aromatic rings. The largest absolute Gasteiger partial charge is 0.439 e. The molecule has 2 aromatic carbocycles. The number of pyridine rings is 1. The molecular weight excluding hydrogens is 400 g/mol. The lowest BCUT2D eigenvalue weighted by Gasteiger charge is -2.09. The molecule has 0 aliphatic carbocycles. The van der Waals surface area contributed by atoms with Crippen LogP contribution in [0.4, 0.5) is 11.4 Å². The standard InChI is InChI=1S/C22H18N4O5/c1-30-14-25-11-10-15-4-8-19(12-20(15)25)31-21-9-5-17(13-23-21)24-22(27)16-2-6-18(7-3-16)26(28)29/h2-13H,14H2,1H3,(H,24,27). The van der Waals surface area contributed by atoms with Gasteiger partial charge in [-0.3, -0.25) is 14.9 Å². The van der Waals surface area contributed by atoms with Gasteiger partial charge in [0.1, 0.15) is 12.5 Å². The number of hydrogen-bond donors (Lipinski definition) is 1. The van der Waals surface area contributed by atoms with E-state index in [0.29, 0.717) is 29.6 Å². The molecule has 2 heterocycles. The van der Waals surface area contributed by atoms with E-state index >= 15 is 0 Å². The van der Waals surface area contributed by atoms with E-state index in [-0.39, 0.29) is 5.69 Å². The highest BCUT2D eigenvalue weighted by Gasteiger charge is 2.10. The first-order chi connectivity index (χ1) is 15.0. The molecular formula is C22H18N4O5. The van der Waals surface area contributed by atoms with Crippen molar-refractivity contribution < 1.29 is 19.2 Å². The van der Waals surface area contributed by atoms with E-state index in [2.05, 4.69) is 10.3 Å². The van der Waals surface area contributed by atoms with Crippen LogP contribution in [0.3, 0.4) is 0 Å². The Morgan fingerprint density at radius 1 is 1.13 bits per heavy atom. The average molecular weight is 418 g/mol. The van der Waals surface area contributed by atoms with Gasteiger partial charge in [0.2, 0.25) is 5.88 Å². The summed E-state index contributed by atoms with van der Waals surface area (Å²) in [6.07, 6.45) is 3.42. The first-order valence-electron chi connectivity index (χ1n) is 9.31. The zero-order chi connectivity index (χ0) is 21.8. The number of methoxy groups -OCH3 is 1. The van der Waals surface area contributed by atoms with Crippen LogP contribution < -0.4 is 10.1 Å². The number of nitro groups is 1. The van der Waals surface area contributed by atoms with Gasteiger partial charge in [-0.1, -0.05) is 0 Å². The topological polar surface area (TPSA) is 109 Å². The fraction of sp³-hybridized carbons (Fsp3) is 0.0909. The Kier molecular flexibility index (Phi) is 5.59. The van der Waals surface area contributed by atoms with E-state index in [1.807, 2.05) is 35.0 Å². The van der Waals surface area contributed by atoms with Gasteiger partial charge in [-0.2, -0.15) is 0 Å². The first kappa shape index (κ1) is 20.0. The van der Waals surface area contributed by atoms with Gasteiger partial charge < -0.3 is 19.4 Å². The Balaban J connectivity index is 1.43. The van der Waals surface area contributed by atoms with Crippen LogP contribution in [0.15, 0.2) is 73.1 Å². The number of carbonyl (C=O) groups excluding carboxylic acids is 1. The normalized spacial score (nSPS) is 10.7. The Morgan fingerprint density at radius 2 is 1.94 bits per heavy atom. The van der Waals surface area contributed by atoms with Gasteiger partial charge in [0.25, 0.3) is 11.6 Å². The summed E-state index contributed by atoms with van der Waals surface area (Å²) in [5, 5.41) is 14.5. The minimum Gasteiger partial charge on any atom is -0.439 e. The number of nitro benzene ring substituents is 1. The summed E-state index contributed by atoms with van der Waals surface area (Å²) in [6.45, 7) is 0.439. The number of anilines is 1. The molecule has 0 aliphatic heterocycles. The third-order valence-electron chi connectivity index (χ3n) is 4.57. The van der Waals surface area contributed by atoms with E-state index in [1.54, 1.807) is 19.2 Å². The summed E-state index contributed by atoms with van der Waals surface area (Å²) in [5.41, 5.74) is 1.68. The van der Waals surface area contributed by atoms with Crippen molar-refractivity contribution in [2.24, 2.45) is 0 Å². The molecule has 0 radical (unpaired) electrons. The number of hydrogen-bond acceptors (Lipinski definition) is 6.